The van der Waals surface area contributed by atoms with Crippen molar-refractivity contribution in [3.05, 3.63) is 20.5 Å². The van der Waals surface area contributed by atoms with E-state index in [9.17, 15) is 4.79 Å². The third-order valence-corrected chi connectivity index (χ3v) is 2.71. The second-order valence-electron chi connectivity index (χ2n) is 2.85. The van der Waals surface area contributed by atoms with Gasteiger partial charge in [-0.15, -0.1) is 0 Å². The van der Waals surface area contributed by atoms with Crippen LogP contribution in [-0.2, 0) is 7.05 Å². The average Bonchev–Trinajstić information content (AvgIpc) is 2.18. The SMILES string of the molecule is Cc1nc(NCCO)n(C)c(=O)c1Br. The van der Waals surface area contributed by atoms with E-state index in [1.54, 1.807) is 14.0 Å². The van der Waals surface area contributed by atoms with Crippen LogP contribution in [0.5, 0.6) is 0 Å². The van der Waals surface area contributed by atoms with Crippen molar-refractivity contribution in [1.29, 1.82) is 0 Å². The lowest BCUT2D eigenvalue weighted by Gasteiger charge is -2.10. The number of anilines is 1. The number of rotatable bonds is 3. The maximum atomic E-state index is 11.5. The molecule has 1 rings (SSSR count). The Bertz CT molecular complexity index is 389. The molecule has 1 aromatic heterocycles. The van der Waals surface area contributed by atoms with Gasteiger partial charge in [-0.05, 0) is 22.9 Å². The molecule has 6 heteroatoms. The van der Waals surface area contributed by atoms with Crippen LogP contribution in [0.4, 0.5) is 5.95 Å². The Morgan fingerprint density at radius 1 is 1.64 bits per heavy atom. The molecule has 0 unspecified atom stereocenters. The van der Waals surface area contributed by atoms with Gasteiger partial charge >= 0.3 is 0 Å². The van der Waals surface area contributed by atoms with Crippen LogP contribution in [0.2, 0.25) is 0 Å². The number of nitrogens with zero attached hydrogens (tertiary/aromatic N) is 2. The first-order valence-corrected chi connectivity index (χ1v) is 4.95. The summed E-state index contributed by atoms with van der Waals surface area (Å²) in [5.74, 6) is 0.463. The lowest BCUT2D eigenvalue weighted by molar-refractivity contribution is 0.310. The van der Waals surface area contributed by atoms with Crippen molar-refractivity contribution in [2.75, 3.05) is 18.5 Å². The minimum absolute atomic E-state index is 0.00494. The highest BCUT2D eigenvalue weighted by Crippen LogP contribution is 2.10. The summed E-state index contributed by atoms with van der Waals surface area (Å²) in [5.41, 5.74) is 0.492. The van der Waals surface area contributed by atoms with Gasteiger partial charge in [0.15, 0.2) is 0 Å². The first-order valence-electron chi connectivity index (χ1n) is 4.15. The van der Waals surface area contributed by atoms with Crippen molar-refractivity contribution in [3.8, 4) is 0 Å². The summed E-state index contributed by atoms with van der Waals surface area (Å²) in [5, 5.41) is 11.5. The van der Waals surface area contributed by atoms with E-state index >= 15 is 0 Å². The fraction of sp³-hybridized carbons (Fsp3) is 0.500. The molecule has 1 aromatic rings. The number of hydrogen-bond donors (Lipinski definition) is 2. The fourth-order valence-electron chi connectivity index (χ4n) is 1.01. The van der Waals surface area contributed by atoms with E-state index in [1.807, 2.05) is 0 Å². The normalized spacial score (nSPS) is 10.3. The Morgan fingerprint density at radius 3 is 2.86 bits per heavy atom. The Labute approximate surface area is 89.9 Å². The van der Waals surface area contributed by atoms with Crippen molar-refractivity contribution in [2.24, 2.45) is 7.05 Å². The molecule has 0 aliphatic carbocycles. The van der Waals surface area contributed by atoms with Gasteiger partial charge < -0.3 is 10.4 Å². The quantitative estimate of drug-likeness (QED) is 0.819. The maximum absolute atomic E-state index is 11.5. The van der Waals surface area contributed by atoms with Gasteiger partial charge in [-0.2, -0.15) is 0 Å². The Hall–Kier alpha value is -0.880. The van der Waals surface area contributed by atoms with Crippen molar-refractivity contribution in [2.45, 2.75) is 6.92 Å². The second kappa shape index (κ2) is 4.56. The highest BCUT2D eigenvalue weighted by Gasteiger charge is 2.08. The van der Waals surface area contributed by atoms with Crippen molar-refractivity contribution in [1.82, 2.24) is 9.55 Å². The topological polar surface area (TPSA) is 67.2 Å². The first kappa shape index (κ1) is 11.2. The van der Waals surface area contributed by atoms with E-state index in [1.165, 1.54) is 4.57 Å². The molecule has 0 saturated heterocycles. The molecular formula is C8H12BrN3O2. The largest absolute Gasteiger partial charge is 0.395 e. The minimum atomic E-state index is -0.141. The van der Waals surface area contributed by atoms with Crippen molar-refractivity contribution in [3.63, 3.8) is 0 Å². The van der Waals surface area contributed by atoms with Crippen molar-refractivity contribution < 1.29 is 5.11 Å². The summed E-state index contributed by atoms with van der Waals surface area (Å²) >= 11 is 3.16. The zero-order chi connectivity index (χ0) is 10.7. The van der Waals surface area contributed by atoms with Gasteiger partial charge in [0.05, 0.1) is 12.3 Å². The summed E-state index contributed by atoms with van der Waals surface area (Å²) in [7, 11) is 1.62. The van der Waals surface area contributed by atoms with Crippen LogP contribution in [0.3, 0.4) is 0 Å². The summed E-state index contributed by atoms with van der Waals surface area (Å²) in [6.07, 6.45) is 0. The molecule has 0 spiro atoms. The van der Waals surface area contributed by atoms with Crippen LogP contribution in [0.15, 0.2) is 9.27 Å². The first-order chi connectivity index (χ1) is 6.57. The molecule has 2 N–H and O–H groups in total. The molecule has 78 valence electrons. The molecule has 0 aliphatic heterocycles. The highest BCUT2D eigenvalue weighted by molar-refractivity contribution is 9.10. The third-order valence-electron chi connectivity index (χ3n) is 1.80. The van der Waals surface area contributed by atoms with E-state index in [2.05, 4.69) is 26.2 Å². The number of aromatic nitrogens is 2. The van der Waals surface area contributed by atoms with Crippen LogP contribution < -0.4 is 10.9 Å². The number of nitrogens with one attached hydrogen (secondary N) is 1. The Morgan fingerprint density at radius 2 is 2.29 bits per heavy atom. The number of hydrogen-bond acceptors (Lipinski definition) is 4. The summed E-state index contributed by atoms with van der Waals surface area (Å²) in [4.78, 5) is 15.7. The van der Waals surface area contributed by atoms with Gasteiger partial charge in [-0.25, -0.2) is 4.98 Å². The van der Waals surface area contributed by atoms with E-state index in [4.69, 9.17) is 5.11 Å². The van der Waals surface area contributed by atoms with Crippen LogP contribution in [-0.4, -0.2) is 27.8 Å². The molecule has 0 amide bonds. The van der Waals surface area contributed by atoms with E-state index in [0.29, 0.717) is 22.7 Å². The van der Waals surface area contributed by atoms with Gasteiger partial charge in [0.2, 0.25) is 5.95 Å². The molecule has 0 atom stereocenters. The Balaban J connectivity index is 3.13. The van der Waals surface area contributed by atoms with E-state index in [-0.39, 0.29) is 12.2 Å². The molecule has 0 saturated carbocycles. The standard InChI is InChI=1S/C8H12BrN3O2/c1-5-6(9)7(14)12(2)8(11-5)10-3-4-13/h13H,3-4H2,1-2H3,(H,10,11). The number of aliphatic hydroxyl groups is 1. The molecule has 0 aliphatic rings. The number of halogens is 1. The number of aryl methyl sites for hydroxylation is 1. The average molecular weight is 262 g/mol. The summed E-state index contributed by atoms with van der Waals surface area (Å²) in [6.45, 7) is 2.13. The van der Waals surface area contributed by atoms with Gasteiger partial charge in [0.1, 0.15) is 4.47 Å². The van der Waals surface area contributed by atoms with Gasteiger partial charge in [-0.1, -0.05) is 0 Å². The van der Waals surface area contributed by atoms with Crippen LogP contribution >= 0.6 is 15.9 Å². The van der Waals surface area contributed by atoms with E-state index in [0.717, 1.165) is 0 Å². The minimum Gasteiger partial charge on any atom is -0.395 e. The van der Waals surface area contributed by atoms with Crippen LogP contribution in [0.1, 0.15) is 5.69 Å². The molecule has 1 heterocycles. The molecule has 0 aromatic carbocycles. The third kappa shape index (κ3) is 2.13. The lowest BCUT2D eigenvalue weighted by Crippen LogP contribution is -2.24. The lowest BCUT2D eigenvalue weighted by atomic mass is 10.4. The fourth-order valence-corrected chi connectivity index (χ4v) is 1.36. The number of aliphatic hydroxyl groups excluding tert-OH is 1. The monoisotopic (exact) mass is 261 g/mol. The van der Waals surface area contributed by atoms with Crippen molar-refractivity contribution >= 4 is 21.9 Å². The van der Waals surface area contributed by atoms with Crippen LogP contribution in [0.25, 0.3) is 0 Å². The molecule has 14 heavy (non-hydrogen) atoms. The molecule has 0 fully saturated rings. The predicted octanol–water partition coefficient (Wildman–Crippen LogP) is 0.255. The maximum Gasteiger partial charge on any atom is 0.269 e. The zero-order valence-electron chi connectivity index (χ0n) is 8.04. The van der Waals surface area contributed by atoms with Crippen LogP contribution in [0, 0.1) is 6.92 Å². The summed E-state index contributed by atoms with van der Waals surface area (Å²) in [6, 6.07) is 0. The second-order valence-corrected chi connectivity index (χ2v) is 3.64. The van der Waals surface area contributed by atoms with Gasteiger partial charge in [0.25, 0.3) is 5.56 Å². The zero-order valence-corrected chi connectivity index (χ0v) is 9.63. The smallest absolute Gasteiger partial charge is 0.269 e. The Kier molecular flexibility index (Phi) is 3.65. The van der Waals surface area contributed by atoms with Gasteiger partial charge in [-0.3, -0.25) is 9.36 Å². The van der Waals surface area contributed by atoms with Gasteiger partial charge in [0, 0.05) is 13.6 Å². The molecular weight excluding hydrogens is 250 g/mol. The summed E-state index contributed by atoms with van der Waals surface area (Å²) < 4.78 is 1.86. The molecule has 5 nitrogen and oxygen atoms in total. The predicted molar refractivity (Wildman–Crippen MR) is 57.5 cm³/mol. The van der Waals surface area contributed by atoms with E-state index < -0.39 is 0 Å². The molecule has 0 bridgehead atoms. The molecule has 0 radical (unpaired) electrons. The highest BCUT2D eigenvalue weighted by atomic mass is 79.9.